The van der Waals surface area contributed by atoms with Crippen LogP contribution in [0.5, 0.6) is 0 Å². The van der Waals surface area contributed by atoms with Gasteiger partial charge in [-0.05, 0) is 63.0 Å². The minimum atomic E-state index is -0.250. The average Bonchev–Trinajstić information content (AvgIpc) is 3.49. The Hall–Kier alpha value is -2.74. The molecule has 8 heteroatoms. The van der Waals surface area contributed by atoms with Crippen LogP contribution in [0.4, 0.5) is 4.39 Å². The van der Waals surface area contributed by atoms with Gasteiger partial charge in [-0.25, -0.2) is 9.37 Å². The molecule has 1 aromatic heterocycles. The van der Waals surface area contributed by atoms with Crippen molar-refractivity contribution in [1.29, 1.82) is 0 Å². The lowest BCUT2D eigenvalue weighted by Gasteiger charge is -2.33. The van der Waals surface area contributed by atoms with E-state index in [0.29, 0.717) is 18.9 Å². The summed E-state index contributed by atoms with van der Waals surface area (Å²) in [4.78, 5) is 30.1. The quantitative estimate of drug-likeness (QED) is 0.689. The number of rotatable bonds is 6. The Morgan fingerprint density at radius 3 is 2.53 bits per heavy atom. The first-order chi connectivity index (χ1) is 15.6. The summed E-state index contributed by atoms with van der Waals surface area (Å²) in [6, 6.07) is 6.60. The number of halogens is 1. The molecule has 4 rings (SSSR count). The van der Waals surface area contributed by atoms with E-state index in [-0.39, 0.29) is 18.2 Å². The Labute approximate surface area is 188 Å². The summed E-state index contributed by atoms with van der Waals surface area (Å²) in [6.07, 6.45) is 6.90. The van der Waals surface area contributed by atoms with E-state index < -0.39 is 0 Å². The zero-order chi connectivity index (χ0) is 22.9. The number of hydrogen-bond acceptors (Lipinski definition) is 4. The summed E-state index contributed by atoms with van der Waals surface area (Å²) < 4.78 is 15.6. The number of imidazole rings is 1. The Bertz CT molecular complexity index is 878. The van der Waals surface area contributed by atoms with E-state index in [4.69, 9.17) is 14.9 Å². The van der Waals surface area contributed by atoms with Crippen LogP contribution in [0.1, 0.15) is 50.6 Å². The number of aromatic nitrogens is 2. The second kappa shape index (κ2) is 11.8. The number of amides is 1. The second-order valence-corrected chi connectivity index (χ2v) is 8.35. The zero-order valence-electron chi connectivity index (χ0n) is 18.8. The Kier molecular flexibility index (Phi) is 8.79. The molecular formula is C24H33FN4O3. The minimum Gasteiger partial charge on any atom is -0.483 e. The van der Waals surface area contributed by atoms with Gasteiger partial charge in [0.05, 0.1) is 12.0 Å². The number of likely N-dealkylation sites (N-methyl/N-ethyl adjacent to an activating group) is 1. The number of benzene rings is 1. The van der Waals surface area contributed by atoms with Gasteiger partial charge in [0.25, 0.3) is 6.47 Å². The van der Waals surface area contributed by atoms with Crippen LogP contribution >= 0.6 is 0 Å². The molecule has 2 aliphatic rings. The minimum absolute atomic E-state index is 0.235. The van der Waals surface area contributed by atoms with Crippen molar-refractivity contribution in [2.24, 2.45) is 0 Å². The number of carboxylic acid groups (broad SMARTS) is 1. The van der Waals surface area contributed by atoms with Gasteiger partial charge in [0.2, 0.25) is 5.91 Å². The van der Waals surface area contributed by atoms with Crippen LogP contribution in [0.3, 0.4) is 0 Å². The van der Waals surface area contributed by atoms with Crippen molar-refractivity contribution < 1.29 is 19.1 Å². The van der Waals surface area contributed by atoms with Crippen molar-refractivity contribution >= 4 is 12.4 Å². The van der Waals surface area contributed by atoms with Crippen LogP contribution in [0.2, 0.25) is 0 Å². The smallest absolute Gasteiger partial charge is 0.290 e. The molecule has 1 aromatic carbocycles. The highest BCUT2D eigenvalue weighted by atomic mass is 19.1. The lowest BCUT2D eigenvalue weighted by atomic mass is 9.91. The van der Waals surface area contributed by atoms with Crippen LogP contribution in [0.15, 0.2) is 30.6 Å². The maximum absolute atomic E-state index is 13.4. The lowest BCUT2D eigenvalue weighted by molar-refractivity contribution is -0.130. The van der Waals surface area contributed by atoms with Crippen molar-refractivity contribution in [2.45, 2.75) is 51.5 Å². The number of nitrogens with zero attached hydrogens (tertiary/aromatic N) is 4. The molecule has 0 radical (unpaired) electrons. The fourth-order valence-electron chi connectivity index (χ4n) is 4.73. The third kappa shape index (κ3) is 5.94. The molecule has 7 nitrogen and oxygen atoms in total. The standard InChI is InChI=1S/C23H31FN4O.CH2O2/c1-2-26-12-5-6-19(16-26)23-22(18-7-9-20(24)10-8-18)25-17-28(23)15-11-21(29)27-13-3-4-14-27;2-1-3/h7-10,17,19H,2-6,11-16H2,1H3;1H,(H,2,3). The second-order valence-electron chi connectivity index (χ2n) is 8.35. The summed E-state index contributed by atoms with van der Waals surface area (Å²) >= 11 is 0. The first kappa shape index (κ1) is 23.9. The third-order valence-corrected chi connectivity index (χ3v) is 6.36. The molecule has 2 aromatic rings. The van der Waals surface area contributed by atoms with Crippen LogP contribution in [0.25, 0.3) is 11.3 Å². The van der Waals surface area contributed by atoms with Gasteiger partial charge in [-0.2, -0.15) is 0 Å². The monoisotopic (exact) mass is 444 g/mol. The van der Waals surface area contributed by atoms with E-state index in [9.17, 15) is 9.18 Å². The zero-order valence-corrected chi connectivity index (χ0v) is 18.8. The van der Waals surface area contributed by atoms with Gasteiger partial charge in [0, 0.05) is 49.8 Å². The number of hydrogen-bond donors (Lipinski definition) is 1. The van der Waals surface area contributed by atoms with Gasteiger partial charge in [0.1, 0.15) is 5.82 Å². The molecule has 0 aliphatic carbocycles. The summed E-state index contributed by atoms with van der Waals surface area (Å²) in [5, 5.41) is 6.89. The highest BCUT2D eigenvalue weighted by Crippen LogP contribution is 2.34. The van der Waals surface area contributed by atoms with Crippen molar-refractivity contribution in [2.75, 3.05) is 32.7 Å². The van der Waals surface area contributed by atoms with Gasteiger partial charge in [0.15, 0.2) is 0 Å². The van der Waals surface area contributed by atoms with Crippen molar-refractivity contribution in [3.63, 3.8) is 0 Å². The maximum atomic E-state index is 13.4. The molecule has 1 unspecified atom stereocenters. The number of aryl methyl sites for hydroxylation is 1. The number of carbonyl (C=O) groups excluding carboxylic acids is 1. The predicted octanol–water partition coefficient (Wildman–Crippen LogP) is 3.60. The molecule has 3 heterocycles. The van der Waals surface area contributed by atoms with Crippen LogP contribution < -0.4 is 0 Å². The van der Waals surface area contributed by atoms with Crippen LogP contribution in [0, 0.1) is 5.82 Å². The number of carbonyl (C=O) groups is 2. The fourth-order valence-corrected chi connectivity index (χ4v) is 4.73. The summed E-state index contributed by atoms with van der Waals surface area (Å²) in [6.45, 7) is 7.59. The summed E-state index contributed by atoms with van der Waals surface area (Å²) in [5.74, 6) is 0.387. The third-order valence-electron chi connectivity index (χ3n) is 6.36. The van der Waals surface area contributed by atoms with Gasteiger partial charge in [-0.3, -0.25) is 9.59 Å². The lowest BCUT2D eigenvalue weighted by Crippen LogP contribution is -2.35. The molecule has 2 fully saturated rings. The van der Waals surface area contributed by atoms with E-state index in [2.05, 4.69) is 16.4 Å². The summed E-state index contributed by atoms with van der Waals surface area (Å²) in [7, 11) is 0. The highest BCUT2D eigenvalue weighted by Gasteiger charge is 2.27. The fraction of sp³-hybridized carbons (Fsp3) is 0.542. The van der Waals surface area contributed by atoms with Gasteiger partial charge in [-0.1, -0.05) is 6.92 Å². The van der Waals surface area contributed by atoms with Gasteiger partial charge < -0.3 is 19.5 Å². The van der Waals surface area contributed by atoms with Gasteiger partial charge >= 0.3 is 0 Å². The van der Waals surface area contributed by atoms with E-state index >= 15 is 0 Å². The van der Waals surface area contributed by atoms with Crippen molar-refractivity contribution in [3.8, 4) is 11.3 Å². The van der Waals surface area contributed by atoms with Crippen LogP contribution in [-0.2, 0) is 16.1 Å². The SMILES string of the molecule is CCN1CCCC(c2c(-c3ccc(F)cc3)ncn2CCC(=O)N2CCCC2)C1.O=CO. The molecule has 2 aliphatic heterocycles. The summed E-state index contributed by atoms with van der Waals surface area (Å²) in [5.41, 5.74) is 3.07. The van der Waals surface area contributed by atoms with Gasteiger partial charge in [-0.15, -0.1) is 0 Å². The van der Waals surface area contributed by atoms with Crippen molar-refractivity contribution in [3.05, 3.63) is 42.1 Å². The topological polar surface area (TPSA) is 78.7 Å². The molecular weight excluding hydrogens is 411 g/mol. The Morgan fingerprint density at radius 1 is 1.19 bits per heavy atom. The normalized spacial score (nSPS) is 18.8. The van der Waals surface area contributed by atoms with E-state index in [1.54, 1.807) is 12.1 Å². The largest absolute Gasteiger partial charge is 0.483 e. The first-order valence-corrected chi connectivity index (χ1v) is 11.5. The van der Waals surface area contributed by atoms with Crippen LogP contribution in [-0.4, -0.2) is 69.6 Å². The first-order valence-electron chi connectivity index (χ1n) is 11.5. The number of likely N-dealkylation sites (tertiary alicyclic amines) is 2. The predicted molar refractivity (Wildman–Crippen MR) is 121 cm³/mol. The molecule has 1 atom stereocenters. The molecule has 174 valence electrons. The number of piperidine rings is 1. The van der Waals surface area contributed by atoms with E-state index in [0.717, 1.165) is 63.2 Å². The molecule has 0 saturated carbocycles. The Morgan fingerprint density at radius 2 is 1.88 bits per heavy atom. The molecule has 1 amide bonds. The van der Waals surface area contributed by atoms with E-state index in [1.807, 2.05) is 11.2 Å². The maximum Gasteiger partial charge on any atom is 0.290 e. The van der Waals surface area contributed by atoms with Crippen molar-refractivity contribution in [1.82, 2.24) is 19.4 Å². The molecule has 0 spiro atoms. The Balaban J connectivity index is 0.000000913. The highest BCUT2D eigenvalue weighted by molar-refractivity contribution is 5.76. The van der Waals surface area contributed by atoms with E-state index in [1.165, 1.54) is 24.2 Å². The molecule has 1 N–H and O–H groups in total. The average molecular weight is 445 g/mol. The molecule has 2 saturated heterocycles. The molecule has 32 heavy (non-hydrogen) atoms. The molecule has 0 bridgehead atoms.